The van der Waals surface area contributed by atoms with Crippen molar-refractivity contribution in [2.24, 2.45) is 11.8 Å². The lowest BCUT2D eigenvalue weighted by Gasteiger charge is -2.25. The van der Waals surface area contributed by atoms with Gasteiger partial charge in [-0.1, -0.05) is 12.1 Å². The van der Waals surface area contributed by atoms with E-state index in [0.717, 1.165) is 37.0 Å². The van der Waals surface area contributed by atoms with Gasteiger partial charge in [0.2, 0.25) is 0 Å². The Morgan fingerprint density at radius 1 is 1.10 bits per heavy atom. The van der Waals surface area contributed by atoms with Crippen LogP contribution in [0.5, 0.6) is 5.75 Å². The number of amides is 1. The lowest BCUT2D eigenvalue weighted by atomic mass is 10.1. The lowest BCUT2D eigenvalue weighted by molar-refractivity contribution is -0.154. The van der Waals surface area contributed by atoms with Gasteiger partial charge in [0.15, 0.2) is 0 Å². The Labute approximate surface area is 183 Å². The van der Waals surface area contributed by atoms with Gasteiger partial charge >= 0.3 is 12.1 Å². The van der Waals surface area contributed by atoms with Crippen molar-refractivity contribution >= 4 is 23.8 Å². The van der Waals surface area contributed by atoms with E-state index in [-0.39, 0.29) is 12.1 Å². The fourth-order valence-electron chi connectivity index (χ4n) is 3.37. The molecule has 0 aliphatic heterocycles. The molecule has 1 amide bonds. The second-order valence-corrected chi connectivity index (χ2v) is 9.99. The molecule has 3 rings (SSSR count). The van der Waals surface area contributed by atoms with Gasteiger partial charge in [-0.05, 0) is 82.2 Å². The number of alkyl carbamates (subject to hydrolysis) is 1. The maximum absolute atomic E-state index is 13.0. The van der Waals surface area contributed by atoms with Crippen molar-refractivity contribution in [3.63, 3.8) is 0 Å². The van der Waals surface area contributed by atoms with E-state index in [1.807, 2.05) is 30.5 Å². The van der Waals surface area contributed by atoms with Crippen molar-refractivity contribution in [1.29, 1.82) is 0 Å². The fourth-order valence-corrected chi connectivity index (χ4v) is 3.62. The Bertz CT molecular complexity index is 710. The average Bonchev–Trinajstić information content (AvgIpc) is 3.56. The Balaban J connectivity index is 1.66. The van der Waals surface area contributed by atoms with Crippen LogP contribution in [0.25, 0.3) is 0 Å². The molecule has 1 atom stereocenters. The summed E-state index contributed by atoms with van der Waals surface area (Å²) in [4.78, 5) is 25.4. The van der Waals surface area contributed by atoms with Crippen LogP contribution in [0.4, 0.5) is 4.79 Å². The molecule has 30 heavy (non-hydrogen) atoms. The van der Waals surface area contributed by atoms with Crippen LogP contribution in [0.2, 0.25) is 0 Å². The van der Waals surface area contributed by atoms with Crippen LogP contribution in [-0.4, -0.2) is 42.0 Å². The highest BCUT2D eigenvalue weighted by Crippen LogP contribution is 2.46. The van der Waals surface area contributed by atoms with Gasteiger partial charge in [-0.2, -0.15) is 0 Å². The third-order valence-electron chi connectivity index (χ3n) is 5.11. The molecule has 2 saturated carbocycles. The van der Waals surface area contributed by atoms with Gasteiger partial charge in [0, 0.05) is 6.42 Å². The molecule has 0 aromatic heterocycles. The summed E-state index contributed by atoms with van der Waals surface area (Å²) < 4.78 is 16.9. The van der Waals surface area contributed by atoms with Crippen molar-refractivity contribution in [2.45, 2.75) is 70.6 Å². The molecular formula is C23H33NO5S. The molecule has 1 aromatic carbocycles. The van der Waals surface area contributed by atoms with E-state index in [9.17, 15) is 9.59 Å². The third kappa shape index (κ3) is 7.42. The SMILES string of the molecule is CSCOc1ccc(C[C@@H](NC(=O)OC(C)(C)C)C(=O)OC(C2CC2)C2CC2)cc1. The van der Waals surface area contributed by atoms with Gasteiger partial charge < -0.3 is 19.5 Å². The Morgan fingerprint density at radius 2 is 1.70 bits per heavy atom. The number of thioether (sulfide) groups is 1. The highest BCUT2D eigenvalue weighted by Gasteiger charge is 2.45. The van der Waals surface area contributed by atoms with E-state index in [4.69, 9.17) is 14.2 Å². The molecule has 0 unspecified atom stereocenters. The summed E-state index contributed by atoms with van der Waals surface area (Å²) in [5.74, 6) is 1.94. The minimum atomic E-state index is -0.794. The van der Waals surface area contributed by atoms with E-state index >= 15 is 0 Å². The molecule has 1 N–H and O–H groups in total. The first kappa shape index (κ1) is 22.8. The summed E-state index contributed by atoms with van der Waals surface area (Å²) in [6.45, 7) is 5.39. The van der Waals surface area contributed by atoms with Gasteiger partial charge in [0.1, 0.15) is 29.4 Å². The van der Waals surface area contributed by atoms with Crippen LogP contribution in [0, 0.1) is 11.8 Å². The number of hydrogen-bond acceptors (Lipinski definition) is 6. The van der Waals surface area contributed by atoms with Gasteiger partial charge in [-0.15, -0.1) is 11.8 Å². The van der Waals surface area contributed by atoms with Crippen molar-refractivity contribution in [3.8, 4) is 5.75 Å². The molecule has 7 heteroatoms. The highest BCUT2D eigenvalue weighted by molar-refractivity contribution is 7.98. The predicted octanol–water partition coefficient (Wildman–Crippen LogP) is 4.55. The van der Waals surface area contributed by atoms with Crippen LogP contribution in [0.15, 0.2) is 24.3 Å². The average molecular weight is 436 g/mol. The van der Waals surface area contributed by atoms with Crippen LogP contribution < -0.4 is 10.1 Å². The van der Waals surface area contributed by atoms with E-state index in [1.165, 1.54) is 0 Å². The van der Waals surface area contributed by atoms with Crippen LogP contribution in [0.1, 0.15) is 52.0 Å². The Hall–Kier alpha value is -1.89. The van der Waals surface area contributed by atoms with E-state index < -0.39 is 17.7 Å². The Morgan fingerprint density at radius 3 is 2.20 bits per heavy atom. The molecule has 2 aliphatic carbocycles. The first-order valence-electron chi connectivity index (χ1n) is 10.7. The summed E-state index contributed by atoms with van der Waals surface area (Å²) in [6.07, 6.45) is 6.17. The largest absolute Gasteiger partial charge is 0.483 e. The molecule has 0 saturated heterocycles. The zero-order valence-corrected chi connectivity index (χ0v) is 19.1. The molecule has 2 aliphatic rings. The van der Waals surface area contributed by atoms with Crippen LogP contribution >= 0.6 is 11.8 Å². The van der Waals surface area contributed by atoms with Gasteiger partial charge in [0.25, 0.3) is 0 Å². The normalized spacial score (nSPS) is 17.4. The number of hydrogen-bond donors (Lipinski definition) is 1. The summed E-state index contributed by atoms with van der Waals surface area (Å²) in [6, 6.07) is 6.77. The van der Waals surface area contributed by atoms with E-state index in [0.29, 0.717) is 24.2 Å². The maximum Gasteiger partial charge on any atom is 0.408 e. The molecular weight excluding hydrogens is 402 g/mol. The van der Waals surface area contributed by atoms with Crippen LogP contribution in [0.3, 0.4) is 0 Å². The monoisotopic (exact) mass is 435 g/mol. The molecule has 0 heterocycles. The fraction of sp³-hybridized carbons (Fsp3) is 0.652. The van der Waals surface area contributed by atoms with Gasteiger partial charge in [-0.3, -0.25) is 0 Å². The quantitative estimate of drug-likeness (QED) is 0.429. The summed E-state index contributed by atoms with van der Waals surface area (Å²) >= 11 is 1.60. The number of rotatable bonds is 10. The van der Waals surface area contributed by atoms with E-state index in [1.54, 1.807) is 32.5 Å². The topological polar surface area (TPSA) is 73.9 Å². The first-order valence-corrected chi connectivity index (χ1v) is 12.1. The molecule has 0 spiro atoms. The molecule has 1 aromatic rings. The number of ether oxygens (including phenoxy) is 3. The number of nitrogens with one attached hydrogen (secondary N) is 1. The molecule has 6 nitrogen and oxygen atoms in total. The zero-order chi connectivity index (χ0) is 21.7. The first-order chi connectivity index (χ1) is 14.2. The minimum absolute atomic E-state index is 0.0113. The summed E-state index contributed by atoms with van der Waals surface area (Å²) in [5.41, 5.74) is 0.276. The number of benzene rings is 1. The Kier molecular flexibility index (Phi) is 7.55. The van der Waals surface area contributed by atoms with Gasteiger partial charge in [0.05, 0.1) is 0 Å². The number of carbonyl (C=O) groups excluding carboxylic acids is 2. The summed E-state index contributed by atoms with van der Waals surface area (Å²) in [7, 11) is 0. The third-order valence-corrected chi connectivity index (χ3v) is 5.46. The molecule has 166 valence electrons. The van der Waals surface area contributed by atoms with E-state index in [2.05, 4.69) is 5.32 Å². The second kappa shape index (κ2) is 9.94. The standard InChI is InChI=1S/C23H33NO5S/c1-23(2,3)29-22(26)24-19(13-15-5-11-18(12-6-15)27-14-30-4)21(25)28-20(16-7-8-16)17-9-10-17/h5-6,11-12,16-17,19-20H,7-10,13-14H2,1-4H3,(H,24,26)/t19-/m1/s1. The lowest BCUT2D eigenvalue weighted by Crippen LogP contribution is -2.46. The van der Waals surface area contributed by atoms with Crippen molar-refractivity contribution in [2.75, 3.05) is 12.2 Å². The molecule has 0 radical (unpaired) electrons. The van der Waals surface area contributed by atoms with Gasteiger partial charge in [-0.25, -0.2) is 9.59 Å². The summed E-state index contributed by atoms with van der Waals surface area (Å²) in [5, 5.41) is 2.72. The maximum atomic E-state index is 13.0. The second-order valence-electron chi connectivity index (χ2n) is 9.17. The van der Waals surface area contributed by atoms with Crippen molar-refractivity contribution < 1.29 is 23.8 Å². The molecule has 0 bridgehead atoms. The number of carbonyl (C=O) groups is 2. The highest BCUT2D eigenvalue weighted by atomic mass is 32.2. The zero-order valence-electron chi connectivity index (χ0n) is 18.3. The van der Waals surface area contributed by atoms with Crippen molar-refractivity contribution in [3.05, 3.63) is 29.8 Å². The molecule has 2 fully saturated rings. The number of esters is 1. The predicted molar refractivity (Wildman–Crippen MR) is 118 cm³/mol. The van der Waals surface area contributed by atoms with Crippen molar-refractivity contribution in [1.82, 2.24) is 5.32 Å². The smallest absolute Gasteiger partial charge is 0.408 e. The minimum Gasteiger partial charge on any atom is -0.483 e. The van der Waals surface area contributed by atoms with Crippen LogP contribution in [-0.2, 0) is 20.7 Å².